The summed E-state index contributed by atoms with van der Waals surface area (Å²) < 4.78 is 3.37. The SMILES string of the molecule is C[Si](C)CCO.[CH2]=[Zr]([Cl])[Cl].[CH3-].c1ccc2[cH-]ccc2c1.c1ccc2[cH-]ccc2c1. The second-order valence-electron chi connectivity index (χ2n) is 6.33. The molecule has 0 aliphatic rings. The fourth-order valence-electron chi connectivity index (χ4n) is 2.36. The summed E-state index contributed by atoms with van der Waals surface area (Å²) in [5.74, 6) is 0. The molecule has 0 aliphatic carbocycles. The Morgan fingerprint density at radius 3 is 1.52 bits per heavy atom. The molecular formula is C24H30Cl2OSiZr-3. The van der Waals surface area contributed by atoms with Crippen molar-refractivity contribution in [3.8, 4) is 0 Å². The van der Waals surface area contributed by atoms with Gasteiger partial charge in [-0.1, -0.05) is 25.2 Å². The molecule has 0 heterocycles. The average Bonchev–Trinajstić information content (AvgIpc) is 3.31. The van der Waals surface area contributed by atoms with E-state index in [-0.39, 0.29) is 16.2 Å². The van der Waals surface area contributed by atoms with Crippen molar-refractivity contribution in [2.75, 3.05) is 6.61 Å². The monoisotopic (exact) mass is 522 g/mol. The molecule has 0 bridgehead atoms. The Morgan fingerprint density at radius 1 is 0.862 bits per heavy atom. The number of aliphatic hydroxyl groups is 1. The van der Waals surface area contributed by atoms with E-state index in [0.717, 1.165) is 6.04 Å². The summed E-state index contributed by atoms with van der Waals surface area (Å²) in [5, 5.41) is 13.6. The zero-order chi connectivity index (χ0) is 20.8. The Morgan fingerprint density at radius 2 is 1.24 bits per heavy atom. The topological polar surface area (TPSA) is 20.2 Å². The Bertz CT molecular complexity index is 800. The first kappa shape index (κ1) is 28.2. The minimum absolute atomic E-state index is 0. The minimum Gasteiger partial charge on any atom is -0.358 e. The summed E-state index contributed by atoms with van der Waals surface area (Å²) in [6, 6.07) is 30.4. The molecule has 0 fully saturated rings. The van der Waals surface area contributed by atoms with Gasteiger partial charge >= 0.3 is 40.1 Å². The van der Waals surface area contributed by atoms with Gasteiger partial charge < -0.3 is 12.5 Å². The van der Waals surface area contributed by atoms with Gasteiger partial charge in [0.2, 0.25) is 0 Å². The van der Waals surface area contributed by atoms with E-state index in [2.05, 4.69) is 102 Å². The van der Waals surface area contributed by atoms with E-state index in [9.17, 15) is 0 Å². The maximum atomic E-state index is 8.26. The molecule has 0 saturated carbocycles. The molecule has 1 radical (unpaired) electrons. The van der Waals surface area contributed by atoms with Crippen molar-refractivity contribution in [2.45, 2.75) is 19.1 Å². The molecule has 5 heteroatoms. The summed E-state index contributed by atoms with van der Waals surface area (Å²) in [5.41, 5.74) is 0. The molecule has 4 aromatic rings. The van der Waals surface area contributed by atoms with Gasteiger partial charge in [-0.05, 0) is 6.04 Å². The first-order valence-electron chi connectivity index (χ1n) is 9.04. The largest absolute Gasteiger partial charge is 0.358 e. The molecule has 29 heavy (non-hydrogen) atoms. The maximum absolute atomic E-state index is 8.26. The summed E-state index contributed by atoms with van der Waals surface area (Å²) >= 11 is -1.85. The van der Waals surface area contributed by atoms with Crippen molar-refractivity contribution in [3.63, 3.8) is 0 Å². The molecule has 0 spiro atoms. The van der Waals surface area contributed by atoms with E-state index in [1.807, 2.05) is 0 Å². The molecule has 0 atom stereocenters. The third-order valence-electron chi connectivity index (χ3n) is 3.71. The molecule has 0 aromatic heterocycles. The number of fused-ring (bicyclic) bond motifs is 2. The Hall–Kier alpha value is -0.830. The first-order chi connectivity index (χ1) is 13.4. The Kier molecular flexibility index (Phi) is 16.4. The van der Waals surface area contributed by atoms with Crippen LogP contribution in [0.1, 0.15) is 0 Å². The average molecular weight is 525 g/mol. The fraction of sp³-hybridized carbons (Fsp3) is 0.167. The van der Waals surface area contributed by atoms with E-state index >= 15 is 0 Å². The minimum atomic E-state index is -1.85. The normalized spacial score (nSPS) is 9.31. The first-order valence-corrected chi connectivity index (χ1v) is 19.8. The fourth-order valence-corrected chi connectivity index (χ4v) is 2.81. The van der Waals surface area contributed by atoms with Crippen molar-refractivity contribution in [1.29, 1.82) is 0 Å². The molecule has 0 saturated heterocycles. The summed E-state index contributed by atoms with van der Waals surface area (Å²) in [7, 11) is 10.1. The van der Waals surface area contributed by atoms with Crippen molar-refractivity contribution in [1.82, 2.24) is 0 Å². The molecule has 0 amide bonds. The number of hydrogen-bond acceptors (Lipinski definition) is 1. The summed E-state index contributed by atoms with van der Waals surface area (Å²) in [6.45, 7) is 4.77. The molecular weight excluding hydrogens is 494 g/mol. The standard InChI is InChI=1S/2C9H7.C4H11OSi.CH3.CH2.2ClH.Zr/c2*1-2-5-9-7-3-6-8(9)4-1;1-6(2)4-3-5;;;;;/h2*1-7H;5H,3-4H2,1-2H3;1H3;1H2;2*1H;/q2*-1;;-1;;;;+2/p-2. The van der Waals surface area contributed by atoms with Crippen LogP contribution < -0.4 is 0 Å². The smallest absolute Gasteiger partial charge is 0.0809 e. The number of rotatable bonds is 2. The van der Waals surface area contributed by atoms with Crippen LogP contribution in [0.2, 0.25) is 19.1 Å². The molecule has 1 N–H and O–H groups in total. The van der Waals surface area contributed by atoms with E-state index in [4.69, 9.17) is 22.1 Å². The van der Waals surface area contributed by atoms with Crippen LogP contribution in [0.3, 0.4) is 0 Å². The van der Waals surface area contributed by atoms with Crippen LogP contribution >= 0.6 is 17.0 Å². The van der Waals surface area contributed by atoms with Crippen LogP contribution in [-0.2, 0) is 18.9 Å². The van der Waals surface area contributed by atoms with Crippen molar-refractivity contribution in [2.24, 2.45) is 0 Å². The quantitative estimate of drug-likeness (QED) is 0.211. The van der Waals surface area contributed by atoms with Gasteiger partial charge in [0.25, 0.3) is 0 Å². The molecule has 0 aliphatic heterocycles. The third-order valence-corrected chi connectivity index (χ3v) is 4.93. The molecule has 0 unspecified atom stereocenters. The second-order valence-corrected chi connectivity index (χ2v) is 17.5. The van der Waals surface area contributed by atoms with E-state index in [0.29, 0.717) is 6.61 Å². The molecule has 4 rings (SSSR count). The molecule has 4 aromatic carbocycles. The van der Waals surface area contributed by atoms with Crippen LogP contribution in [0.25, 0.3) is 21.5 Å². The predicted octanol–water partition coefficient (Wildman–Crippen LogP) is 7.64. The van der Waals surface area contributed by atoms with Gasteiger partial charge in [-0.25, -0.2) is 0 Å². The number of aliphatic hydroxyl groups excluding tert-OH is 1. The van der Waals surface area contributed by atoms with Gasteiger partial charge in [0.15, 0.2) is 0 Å². The zero-order valence-corrected chi connectivity index (χ0v) is 22.4. The van der Waals surface area contributed by atoms with Gasteiger partial charge in [0.05, 0.1) is 0 Å². The number of halogens is 2. The van der Waals surface area contributed by atoms with Gasteiger partial charge in [-0.2, -0.15) is 35.0 Å². The zero-order valence-electron chi connectivity index (χ0n) is 17.4. The molecule has 1 nitrogen and oxygen atoms in total. The summed E-state index contributed by atoms with van der Waals surface area (Å²) in [6.07, 6.45) is 0. The predicted molar refractivity (Wildman–Crippen MR) is 134 cm³/mol. The van der Waals surface area contributed by atoms with Crippen LogP contribution in [0, 0.1) is 7.43 Å². The van der Waals surface area contributed by atoms with Crippen LogP contribution in [0.5, 0.6) is 0 Å². The maximum Gasteiger partial charge on any atom is -0.0809 e. The molecule has 157 valence electrons. The Labute approximate surface area is 192 Å². The van der Waals surface area contributed by atoms with Crippen LogP contribution in [-0.4, -0.2) is 24.7 Å². The van der Waals surface area contributed by atoms with Gasteiger partial charge in [-0.15, -0.1) is 59.3 Å². The second kappa shape index (κ2) is 16.9. The van der Waals surface area contributed by atoms with Gasteiger partial charge in [0.1, 0.15) is 0 Å². The van der Waals surface area contributed by atoms with E-state index < -0.39 is 18.9 Å². The van der Waals surface area contributed by atoms with Crippen LogP contribution in [0.15, 0.2) is 84.9 Å². The Balaban J connectivity index is 0.000000374. The van der Waals surface area contributed by atoms with Crippen LogP contribution in [0.4, 0.5) is 0 Å². The summed E-state index contributed by atoms with van der Waals surface area (Å²) in [4.78, 5) is 0. The van der Waals surface area contributed by atoms with Crippen molar-refractivity contribution >= 4 is 51.6 Å². The van der Waals surface area contributed by atoms with Crippen molar-refractivity contribution < 1.29 is 24.0 Å². The van der Waals surface area contributed by atoms with E-state index in [1.165, 1.54) is 21.5 Å². The van der Waals surface area contributed by atoms with Gasteiger partial charge in [0, 0.05) is 15.4 Å². The number of hydrogen-bond donors (Lipinski definition) is 1. The van der Waals surface area contributed by atoms with E-state index in [1.54, 1.807) is 0 Å². The van der Waals surface area contributed by atoms with Gasteiger partial charge in [-0.3, -0.25) is 0 Å². The number of benzene rings is 2. The van der Waals surface area contributed by atoms with Crippen molar-refractivity contribution in [3.05, 3.63) is 92.4 Å². The third kappa shape index (κ3) is 13.2.